The van der Waals surface area contributed by atoms with Crippen molar-refractivity contribution in [1.29, 1.82) is 0 Å². The maximum absolute atomic E-state index is 10.7. The van der Waals surface area contributed by atoms with E-state index in [0.717, 1.165) is 4.70 Å². The summed E-state index contributed by atoms with van der Waals surface area (Å²) in [6.45, 7) is 1.29. The Labute approximate surface area is 94.3 Å². The molecule has 2 aromatic rings. The van der Waals surface area contributed by atoms with Crippen molar-refractivity contribution in [1.82, 2.24) is 4.98 Å². The molecule has 2 rings (SSSR count). The minimum atomic E-state index is -1.01. The third kappa shape index (κ3) is 2.01. The number of carbonyl (C=O) groups is 2. The minimum Gasteiger partial charge on any atom is -0.478 e. The fourth-order valence-electron chi connectivity index (χ4n) is 1.21. The molecular formula is C10H7NO4S. The Bertz CT molecular complexity index is 575. The highest BCUT2D eigenvalue weighted by atomic mass is 32.1. The Kier molecular flexibility index (Phi) is 2.57. The van der Waals surface area contributed by atoms with Crippen molar-refractivity contribution in [3.05, 3.63) is 23.8 Å². The van der Waals surface area contributed by atoms with Gasteiger partial charge in [0.1, 0.15) is 0 Å². The maximum atomic E-state index is 10.7. The van der Waals surface area contributed by atoms with E-state index in [1.807, 2.05) is 0 Å². The topological polar surface area (TPSA) is 76.5 Å². The van der Waals surface area contributed by atoms with Gasteiger partial charge in [-0.1, -0.05) is 11.3 Å². The molecule has 1 aromatic heterocycles. The molecule has 0 aliphatic carbocycles. The van der Waals surface area contributed by atoms with Crippen LogP contribution in [0.3, 0.4) is 0 Å². The number of hydrogen-bond donors (Lipinski definition) is 1. The van der Waals surface area contributed by atoms with Crippen LogP contribution in [0, 0.1) is 0 Å². The first-order valence-electron chi connectivity index (χ1n) is 4.38. The van der Waals surface area contributed by atoms with Crippen LogP contribution in [0.1, 0.15) is 17.3 Å². The molecule has 0 aliphatic heterocycles. The molecule has 16 heavy (non-hydrogen) atoms. The van der Waals surface area contributed by atoms with Crippen LogP contribution in [-0.2, 0) is 4.79 Å². The van der Waals surface area contributed by atoms with Crippen LogP contribution in [0.2, 0.25) is 0 Å². The lowest BCUT2D eigenvalue weighted by molar-refractivity contribution is -0.131. The standard InChI is InChI=1S/C10H7NO4S/c1-5(12)15-10-11-7-4-6(9(13)14)2-3-8(7)16-10/h2-4H,1H3,(H,13,14). The molecule has 1 heterocycles. The van der Waals surface area contributed by atoms with Crippen LogP contribution in [-0.4, -0.2) is 22.0 Å². The molecule has 0 atom stereocenters. The molecule has 0 amide bonds. The van der Waals surface area contributed by atoms with E-state index in [-0.39, 0.29) is 10.8 Å². The summed E-state index contributed by atoms with van der Waals surface area (Å²) in [5, 5.41) is 9.01. The number of carboxylic acid groups (broad SMARTS) is 1. The van der Waals surface area contributed by atoms with Gasteiger partial charge in [-0.3, -0.25) is 4.79 Å². The van der Waals surface area contributed by atoms with Gasteiger partial charge >= 0.3 is 11.9 Å². The number of benzene rings is 1. The van der Waals surface area contributed by atoms with Gasteiger partial charge in [-0.25, -0.2) is 9.78 Å². The van der Waals surface area contributed by atoms with Gasteiger partial charge < -0.3 is 9.84 Å². The zero-order valence-corrected chi connectivity index (χ0v) is 9.08. The van der Waals surface area contributed by atoms with Crippen molar-refractivity contribution < 1.29 is 19.4 Å². The fourth-order valence-corrected chi connectivity index (χ4v) is 2.04. The number of aromatic nitrogens is 1. The summed E-state index contributed by atoms with van der Waals surface area (Å²) in [6, 6.07) is 4.57. The highest BCUT2D eigenvalue weighted by Crippen LogP contribution is 2.28. The molecule has 0 fully saturated rings. The van der Waals surface area contributed by atoms with E-state index in [2.05, 4.69) is 4.98 Å². The van der Waals surface area contributed by atoms with E-state index in [4.69, 9.17) is 9.84 Å². The van der Waals surface area contributed by atoms with Gasteiger partial charge in [-0.2, -0.15) is 0 Å². The fraction of sp³-hybridized carbons (Fsp3) is 0.100. The largest absolute Gasteiger partial charge is 0.478 e. The van der Waals surface area contributed by atoms with E-state index in [0.29, 0.717) is 5.52 Å². The van der Waals surface area contributed by atoms with Gasteiger partial charge in [0.15, 0.2) is 0 Å². The second-order valence-electron chi connectivity index (χ2n) is 3.06. The van der Waals surface area contributed by atoms with Crippen molar-refractivity contribution in [3.8, 4) is 5.19 Å². The molecule has 6 heteroatoms. The Hall–Kier alpha value is -1.95. The smallest absolute Gasteiger partial charge is 0.335 e. The van der Waals surface area contributed by atoms with Crippen LogP contribution in [0.5, 0.6) is 5.19 Å². The van der Waals surface area contributed by atoms with Gasteiger partial charge in [0.25, 0.3) is 5.19 Å². The average Bonchev–Trinajstić information content (AvgIpc) is 2.56. The van der Waals surface area contributed by atoms with Crippen LogP contribution in [0.4, 0.5) is 0 Å². The number of carboxylic acids is 1. The second-order valence-corrected chi connectivity index (χ2v) is 4.05. The number of hydrogen-bond acceptors (Lipinski definition) is 5. The van der Waals surface area contributed by atoms with Gasteiger partial charge in [-0.05, 0) is 18.2 Å². The van der Waals surface area contributed by atoms with Crippen LogP contribution < -0.4 is 4.74 Å². The van der Waals surface area contributed by atoms with E-state index in [1.54, 1.807) is 6.07 Å². The molecule has 82 valence electrons. The second kappa shape index (κ2) is 3.90. The van der Waals surface area contributed by atoms with Crippen molar-refractivity contribution in [3.63, 3.8) is 0 Å². The first-order chi connectivity index (χ1) is 7.56. The Morgan fingerprint density at radius 3 is 2.81 bits per heavy atom. The van der Waals surface area contributed by atoms with Gasteiger partial charge in [0, 0.05) is 6.92 Å². The summed E-state index contributed by atoms with van der Waals surface area (Å²) in [4.78, 5) is 25.4. The molecule has 1 aromatic carbocycles. The summed E-state index contributed by atoms with van der Waals surface area (Å²) in [5.74, 6) is -1.46. The third-order valence-electron chi connectivity index (χ3n) is 1.85. The predicted octanol–water partition coefficient (Wildman–Crippen LogP) is 1.92. The van der Waals surface area contributed by atoms with Crippen molar-refractivity contribution in [2.45, 2.75) is 6.92 Å². The number of aromatic carboxylic acids is 1. The number of carbonyl (C=O) groups excluding carboxylic acids is 1. The van der Waals surface area contributed by atoms with Crippen molar-refractivity contribution >= 4 is 33.5 Å². The summed E-state index contributed by atoms with van der Waals surface area (Å²) >= 11 is 1.20. The molecule has 1 N–H and O–H groups in total. The molecule has 0 unspecified atom stereocenters. The number of nitrogens with zero attached hydrogens (tertiary/aromatic N) is 1. The Morgan fingerprint density at radius 2 is 2.19 bits per heavy atom. The molecular weight excluding hydrogens is 230 g/mol. The molecule has 0 saturated heterocycles. The van der Waals surface area contributed by atoms with Crippen LogP contribution in [0.25, 0.3) is 10.2 Å². The first kappa shape index (κ1) is 10.6. The van der Waals surface area contributed by atoms with Gasteiger partial charge in [-0.15, -0.1) is 0 Å². The highest BCUT2D eigenvalue weighted by molar-refractivity contribution is 7.20. The van der Waals surface area contributed by atoms with E-state index in [1.165, 1.54) is 30.4 Å². The van der Waals surface area contributed by atoms with Crippen LogP contribution >= 0.6 is 11.3 Å². The van der Waals surface area contributed by atoms with E-state index < -0.39 is 11.9 Å². The molecule has 0 aliphatic rings. The molecule has 0 saturated carbocycles. The summed E-state index contributed by atoms with van der Waals surface area (Å²) in [7, 11) is 0. The lowest BCUT2D eigenvalue weighted by Gasteiger charge is -1.91. The number of rotatable bonds is 2. The average molecular weight is 237 g/mol. The first-order valence-corrected chi connectivity index (χ1v) is 5.20. The van der Waals surface area contributed by atoms with Crippen LogP contribution in [0.15, 0.2) is 18.2 Å². The monoisotopic (exact) mass is 237 g/mol. The van der Waals surface area contributed by atoms with E-state index >= 15 is 0 Å². The number of fused-ring (bicyclic) bond motifs is 1. The predicted molar refractivity (Wildman–Crippen MR) is 57.9 cm³/mol. The lowest BCUT2D eigenvalue weighted by atomic mass is 10.2. The Balaban J connectivity index is 2.45. The SMILES string of the molecule is CC(=O)Oc1nc2cc(C(=O)O)ccc2s1. The van der Waals surface area contributed by atoms with Crippen molar-refractivity contribution in [2.75, 3.05) is 0 Å². The number of ether oxygens (including phenoxy) is 1. The van der Waals surface area contributed by atoms with Crippen molar-refractivity contribution in [2.24, 2.45) is 0 Å². The summed E-state index contributed by atoms with van der Waals surface area (Å²) < 4.78 is 5.60. The lowest BCUT2D eigenvalue weighted by Crippen LogP contribution is -2.00. The zero-order chi connectivity index (χ0) is 11.7. The number of thiazole rings is 1. The molecule has 0 bridgehead atoms. The highest BCUT2D eigenvalue weighted by Gasteiger charge is 2.09. The maximum Gasteiger partial charge on any atom is 0.335 e. The number of esters is 1. The van der Waals surface area contributed by atoms with Gasteiger partial charge in [0.05, 0.1) is 15.8 Å². The quantitative estimate of drug-likeness (QED) is 0.807. The van der Waals surface area contributed by atoms with Gasteiger partial charge in [0.2, 0.25) is 0 Å². The third-order valence-corrected chi connectivity index (χ3v) is 2.76. The Morgan fingerprint density at radius 1 is 1.44 bits per heavy atom. The van der Waals surface area contributed by atoms with E-state index in [9.17, 15) is 9.59 Å². The zero-order valence-electron chi connectivity index (χ0n) is 8.26. The molecule has 0 radical (unpaired) electrons. The summed E-state index contributed by atoms with van der Waals surface area (Å²) in [6.07, 6.45) is 0. The summed E-state index contributed by atoms with van der Waals surface area (Å²) in [5.41, 5.74) is 0.674. The molecule has 0 spiro atoms. The molecule has 5 nitrogen and oxygen atoms in total. The normalized spacial score (nSPS) is 10.3. The minimum absolute atomic E-state index is 0.159.